The van der Waals surface area contributed by atoms with Gasteiger partial charge in [0.1, 0.15) is 6.61 Å². The number of carbonyl (C=O) groups is 3. The van der Waals surface area contributed by atoms with Crippen LogP contribution in [0.15, 0.2) is 48.5 Å². The van der Waals surface area contributed by atoms with Crippen molar-refractivity contribution < 1.29 is 24.2 Å². The molecule has 3 atom stereocenters. The predicted molar refractivity (Wildman–Crippen MR) is 119 cm³/mol. The van der Waals surface area contributed by atoms with Crippen LogP contribution in [0.25, 0.3) is 11.1 Å². The first-order valence-electron chi connectivity index (χ1n) is 11.0. The first kappa shape index (κ1) is 21.9. The number of carboxylic acids is 1. The van der Waals surface area contributed by atoms with E-state index >= 15 is 0 Å². The Morgan fingerprint density at radius 3 is 2.22 bits per heavy atom. The Morgan fingerprint density at radius 1 is 1.06 bits per heavy atom. The summed E-state index contributed by atoms with van der Waals surface area (Å²) in [6.07, 6.45) is -0.464. The average Bonchev–Trinajstić information content (AvgIpc) is 3.30. The van der Waals surface area contributed by atoms with Crippen molar-refractivity contribution in [1.29, 1.82) is 0 Å². The van der Waals surface area contributed by atoms with Crippen LogP contribution in [-0.4, -0.2) is 53.7 Å². The summed E-state index contributed by atoms with van der Waals surface area (Å²) < 4.78 is 5.53. The van der Waals surface area contributed by atoms with Crippen molar-refractivity contribution in [2.75, 3.05) is 19.7 Å². The molecule has 4 rings (SSSR count). The van der Waals surface area contributed by atoms with Crippen molar-refractivity contribution >= 4 is 18.0 Å². The van der Waals surface area contributed by atoms with Gasteiger partial charge in [0.2, 0.25) is 5.91 Å². The topological polar surface area (TPSA) is 95.9 Å². The van der Waals surface area contributed by atoms with Gasteiger partial charge < -0.3 is 20.1 Å². The molecule has 1 fully saturated rings. The predicted octanol–water partition coefficient (Wildman–Crippen LogP) is 3.48. The first-order chi connectivity index (χ1) is 15.3. The number of carbonyl (C=O) groups excluding carboxylic acids is 2. The molecule has 1 aliphatic carbocycles. The number of likely N-dealkylation sites (tertiary alicyclic amines) is 1. The second-order valence-corrected chi connectivity index (χ2v) is 8.80. The van der Waals surface area contributed by atoms with Crippen LogP contribution >= 0.6 is 0 Å². The van der Waals surface area contributed by atoms with E-state index in [0.717, 1.165) is 22.3 Å². The molecule has 1 aliphatic heterocycles. The van der Waals surface area contributed by atoms with Crippen molar-refractivity contribution in [1.82, 2.24) is 10.2 Å². The smallest absolute Gasteiger partial charge is 0.407 e. The molecule has 0 spiro atoms. The molecule has 0 aromatic heterocycles. The monoisotopic (exact) mass is 436 g/mol. The van der Waals surface area contributed by atoms with Crippen LogP contribution in [0.2, 0.25) is 0 Å². The van der Waals surface area contributed by atoms with Gasteiger partial charge in [-0.2, -0.15) is 0 Å². The lowest BCUT2D eigenvalue weighted by atomic mass is 9.98. The van der Waals surface area contributed by atoms with Gasteiger partial charge in [-0.25, -0.2) is 4.79 Å². The van der Waals surface area contributed by atoms with E-state index in [0.29, 0.717) is 6.54 Å². The molecule has 2 unspecified atom stereocenters. The number of amides is 2. The third kappa shape index (κ3) is 4.33. The minimum absolute atomic E-state index is 0.0240. The van der Waals surface area contributed by atoms with E-state index in [1.54, 1.807) is 11.8 Å². The van der Waals surface area contributed by atoms with E-state index in [4.69, 9.17) is 4.74 Å². The van der Waals surface area contributed by atoms with E-state index in [9.17, 15) is 19.5 Å². The van der Waals surface area contributed by atoms with Gasteiger partial charge in [0.25, 0.3) is 0 Å². The molecule has 7 nitrogen and oxygen atoms in total. The summed E-state index contributed by atoms with van der Waals surface area (Å²) >= 11 is 0. The molecule has 0 bridgehead atoms. The Hall–Kier alpha value is -3.35. The van der Waals surface area contributed by atoms with E-state index < -0.39 is 24.0 Å². The maximum Gasteiger partial charge on any atom is 0.407 e. The van der Waals surface area contributed by atoms with Crippen molar-refractivity contribution in [3.63, 3.8) is 0 Å². The number of rotatable bonds is 6. The standard InChI is InChI=1S/C25H28N2O5/c1-15-12-27(13-21(15)24(29)30)23(28)11-16(2)26-25(31)32-14-22-19-9-5-3-7-17(19)18-8-4-6-10-20(18)22/h3-10,15-16,21-22H,11-14H2,1-2H3,(H,26,31)(H,29,30)/t15?,16-,21?/m1/s1. The summed E-state index contributed by atoms with van der Waals surface area (Å²) in [4.78, 5) is 37.8. The van der Waals surface area contributed by atoms with Gasteiger partial charge in [-0.15, -0.1) is 0 Å². The Balaban J connectivity index is 1.30. The SMILES string of the molecule is CC1CN(C(=O)C[C@@H](C)NC(=O)OCC2c3ccccc3-c3ccccc32)CC1C(=O)O. The number of hydrogen-bond acceptors (Lipinski definition) is 4. The molecule has 2 aromatic carbocycles. The van der Waals surface area contributed by atoms with E-state index in [1.165, 1.54) is 0 Å². The number of aliphatic carboxylic acids is 1. The fourth-order valence-electron chi connectivity index (χ4n) is 4.78. The summed E-state index contributed by atoms with van der Waals surface area (Å²) in [6, 6.07) is 15.8. The third-order valence-corrected chi connectivity index (χ3v) is 6.47. The molecule has 0 radical (unpaired) electrons. The number of nitrogens with zero attached hydrogens (tertiary/aromatic N) is 1. The summed E-state index contributed by atoms with van der Waals surface area (Å²) in [6.45, 7) is 4.43. The zero-order valence-corrected chi connectivity index (χ0v) is 18.3. The Bertz CT molecular complexity index is 991. The fraction of sp³-hybridized carbons (Fsp3) is 0.400. The minimum Gasteiger partial charge on any atom is -0.481 e. The number of hydrogen-bond donors (Lipinski definition) is 2. The lowest BCUT2D eigenvalue weighted by Gasteiger charge is -2.20. The van der Waals surface area contributed by atoms with Crippen molar-refractivity contribution in [3.8, 4) is 11.1 Å². The van der Waals surface area contributed by atoms with Gasteiger partial charge in [0.15, 0.2) is 0 Å². The molecule has 2 aromatic rings. The molecule has 2 N–H and O–H groups in total. The van der Waals surface area contributed by atoms with Crippen LogP contribution in [0.1, 0.15) is 37.3 Å². The normalized spacial score (nSPS) is 20.4. The van der Waals surface area contributed by atoms with Gasteiger partial charge in [0, 0.05) is 31.5 Å². The van der Waals surface area contributed by atoms with Gasteiger partial charge in [-0.1, -0.05) is 55.5 Å². The average molecular weight is 437 g/mol. The molecule has 168 valence electrons. The van der Waals surface area contributed by atoms with Crippen molar-refractivity contribution in [3.05, 3.63) is 59.7 Å². The van der Waals surface area contributed by atoms with Crippen LogP contribution in [0.5, 0.6) is 0 Å². The van der Waals surface area contributed by atoms with Crippen LogP contribution in [0.3, 0.4) is 0 Å². The summed E-state index contributed by atoms with van der Waals surface area (Å²) in [5.41, 5.74) is 4.60. The summed E-state index contributed by atoms with van der Waals surface area (Å²) in [5, 5.41) is 12.0. The number of carboxylic acid groups (broad SMARTS) is 1. The van der Waals surface area contributed by atoms with E-state index in [2.05, 4.69) is 29.6 Å². The van der Waals surface area contributed by atoms with Crippen LogP contribution in [-0.2, 0) is 14.3 Å². The lowest BCUT2D eigenvalue weighted by molar-refractivity contribution is -0.142. The Morgan fingerprint density at radius 2 is 1.66 bits per heavy atom. The highest BCUT2D eigenvalue weighted by Gasteiger charge is 2.37. The third-order valence-electron chi connectivity index (χ3n) is 6.47. The van der Waals surface area contributed by atoms with Crippen molar-refractivity contribution in [2.24, 2.45) is 11.8 Å². The number of alkyl carbamates (subject to hydrolysis) is 1. The molecule has 2 aliphatic rings. The van der Waals surface area contributed by atoms with Gasteiger partial charge in [0.05, 0.1) is 5.92 Å². The highest BCUT2D eigenvalue weighted by molar-refractivity contribution is 5.81. The quantitative estimate of drug-likeness (QED) is 0.723. The van der Waals surface area contributed by atoms with Crippen LogP contribution in [0.4, 0.5) is 4.79 Å². The fourth-order valence-corrected chi connectivity index (χ4v) is 4.78. The first-order valence-corrected chi connectivity index (χ1v) is 11.0. The van der Waals surface area contributed by atoms with Gasteiger partial charge >= 0.3 is 12.1 Å². The molecule has 1 heterocycles. The molecule has 7 heteroatoms. The number of ether oxygens (including phenoxy) is 1. The zero-order chi connectivity index (χ0) is 22.8. The highest BCUT2D eigenvalue weighted by Crippen LogP contribution is 2.44. The zero-order valence-electron chi connectivity index (χ0n) is 18.3. The Labute approximate surface area is 187 Å². The molecule has 0 saturated carbocycles. The van der Waals surface area contributed by atoms with E-state index in [1.807, 2.05) is 31.2 Å². The minimum atomic E-state index is -0.877. The maximum absolute atomic E-state index is 12.5. The number of nitrogens with one attached hydrogen (secondary N) is 1. The number of fused-ring (bicyclic) bond motifs is 3. The van der Waals surface area contributed by atoms with Gasteiger partial charge in [-0.3, -0.25) is 9.59 Å². The largest absolute Gasteiger partial charge is 0.481 e. The second-order valence-electron chi connectivity index (χ2n) is 8.80. The Kier molecular flexibility index (Phi) is 6.17. The molecule has 1 saturated heterocycles. The molecule has 2 amide bonds. The lowest BCUT2D eigenvalue weighted by Crippen LogP contribution is -2.39. The summed E-state index contributed by atoms with van der Waals surface area (Å²) in [7, 11) is 0. The van der Waals surface area contributed by atoms with Crippen LogP contribution in [0, 0.1) is 11.8 Å². The molecular weight excluding hydrogens is 408 g/mol. The number of benzene rings is 2. The molecular formula is C25H28N2O5. The second kappa shape index (κ2) is 9.02. The van der Waals surface area contributed by atoms with E-state index in [-0.39, 0.29) is 37.3 Å². The van der Waals surface area contributed by atoms with Gasteiger partial charge in [-0.05, 0) is 35.1 Å². The van der Waals surface area contributed by atoms with Crippen molar-refractivity contribution in [2.45, 2.75) is 32.2 Å². The van der Waals surface area contributed by atoms with Crippen LogP contribution < -0.4 is 5.32 Å². The summed E-state index contributed by atoms with van der Waals surface area (Å²) in [5.74, 6) is -1.68. The molecule has 32 heavy (non-hydrogen) atoms. The highest BCUT2D eigenvalue weighted by atomic mass is 16.5. The maximum atomic E-state index is 12.5.